The maximum absolute atomic E-state index is 9.94. The van der Waals surface area contributed by atoms with E-state index in [4.69, 9.17) is 5.11 Å². The van der Waals surface area contributed by atoms with Crippen LogP contribution >= 0.6 is 0 Å². The molecule has 0 aromatic carbocycles. The molecule has 0 spiro atoms. The zero-order valence-corrected chi connectivity index (χ0v) is 5.07. The summed E-state index contributed by atoms with van der Waals surface area (Å²) < 4.78 is 4.69. The maximum Gasteiger partial charge on any atom is 0.341 e. The number of nitrogens with zero attached hydrogens (tertiary/aromatic N) is 1. The molecule has 0 fully saturated rings. The molecule has 0 aliphatic rings. The summed E-state index contributed by atoms with van der Waals surface area (Å²) in [5, 5.41) is 8.15. The Balaban J connectivity index is 2.35. The van der Waals surface area contributed by atoms with E-state index < -0.39 is 5.97 Å². The Bertz CT molecular complexity index is 207. The van der Waals surface area contributed by atoms with Crippen molar-refractivity contribution in [3.63, 3.8) is 0 Å². The van der Waals surface area contributed by atoms with E-state index >= 15 is 0 Å². The van der Waals surface area contributed by atoms with Crippen molar-refractivity contribution >= 4 is 5.97 Å². The van der Waals surface area contributed by atoms with Gasteiger partial charge in [-0.25, -0.2) is 9.78 Å². The van der Waals surface area contributed by atoms with Gasteiger partial charge < -0.3 is 14.8 Å². The molecular formula is C5H6N2O3. The van der Waals surface area contributed by atoms with Gasteiger partial charge in [0.2, 0.25) is 5.88 Å². The van der Waals surface area contributed by atoms with Crippen LogP contribution in [0.1, 0.15) is 0 Å². The average Bonchev–Trinajstić information content (AvgIpc) is 2.34. The highest BCUT2D eigenvalue weighted by atomic mass is 16.5. The molecular weight excluding hydrogens is 136 g/mol. The molecule has 0 unspecified atom stereocenters. The van der Waals surface area contributed by atoms with Gasteiger partial charge in [-0.2, -0.15) is 0 Å². The fraction of sp³-hybridized carbons (Fsp3) is 0.200. The van der Waals surface area contributed by atoms with Crippen LogP contribution in [0.25, 0.3) is 0 Å². The molecule has 54 valence electrons. The Morgan fingerprint density at radius 3 is 3.20 bits per heavy atom. The Hall–Kier alpha value is -1.52. The highest BCUT2D eigenvalue weighted by Gasteiger charge is 1.97. The van der Waals surface area contributed by atoms with Crippen LogP contribution in [-0.2, 0) is 4.79 Å². The number of nitrogens with one attached hydrogen (secondary N) is 1. The molecule has 0 saturated heterocycles. The number of ether oxygens (including phenoxy) is 1. The predicted octanol–water partition coefficient (Wildman–Crippen LogP) is -0.127. The van der Waals surface area contributed by atoms with Crippen molar-refractivity contribution in [2.24, 2.45) is 0 Å². The fourth-order valence-corrected chi connectivity index (χ4v) is 0.462. The minimum Gasteiger partial charge on any atom is -0.479 e. The molecule has 2 N–H and O–H groups in total. The summed E-state index contributed by atoms with van der Waals surface area (Å²) in [6.07, 6.45) is 2.82. The van der Waals surface area contributed by atoms with Crippen molar-refractivity contribution in [2.45, 2.75) is 0 Å². The molecule has 1 rings (SSSR count). The Kier molecular flexibility index (Phi) is 1.89. The summed E-state index contributed by atoms with van der Waals surface area (Å²) in [5.41, 5.74) is 0. The molecule has 0 saturated carbocycles. The summed E-state index contributed by atoms with van der Waals surface area (Å²) in [6.45, 7) is -0.345. The standard InChI is InChI=1S/C5H6N2O3/c8-5(9)2-10-4-1-6-3-7-4/h1,3H,2H2,(H,6,7)(H,8,9). The van der Waals surface area contributed by atoms with Gasteiger partial charge >= 0.3 is 5.97 Å². The summed E-state index contributed by atoms with van der Waals surface area (Å²) in [5.74, 6) is -0.642. The normalized spacial score (nSPS) is 9.20. The van der Waals surface area contributed by atoms with Crippen molar-refractivity contribution in [1.29, 1.82) is 0 Å². The van der Waals surface area contributed by atoms with Crippen LogP contribution in [0.5, 0.6) is 5.88 Å². The van der Waals surface area contributed by atoms with Crippen LogP contribution in [0.2, 0.25) is 0 Å². The van der Waals surface area contributed by atoms with Crippen LogP contribution in [0, 0.1) is 0 Å². The number of hydrogen-bond donors (Lipinski definition) is 2. The number of hydrogen-bond acceptors (Lipinski definition) is 3. The molecule has 1 aromatic rings. The van der Waals surface area contributed by atoms with Gasteiger partial charge in [-0.15, -0.1) is 0 Å². The number of aliphatic carboxylic acids is 1. The fourth-order valence-electron chi connectivity index (χ4n) is 0.462. The predicted molar refractivity (Wildman–Crippen MR) is 31.7 cm³/mol. The van der Waals surface area contributed by atoms with E-state index in [1.54, 1.807) is 0 Å². The van der Waals surface area contributed by atoms with Crippen molar-refractivity contribution in [3.05, 3.63) is 12.5 Å². The third kappa shape index (κ3) is 1.77. The molecule has 0 aliphatic carbocycles. The monoisotopic (exact) mass is 142 g/mol. The Morgan fingerprint density at radius 2 is 2.70 bits per heavy atom. The van der Waals surface area contributed by atoms with Gasteiger partial charge in [-0.05, 0) is 0 Å². The lowest BCUT2D eigenvalue weighted by atomic mass is 10.7. The van der Waals surface area contributed by atoms with Crippen molar-refractivity contribution in [2.75, 3.05) is 6.61 Å². The molecule has 0 amide bonds. The van der Waals surface area contributed by atoms with Crippen LogP contribution in [0.15, 0.2) is 12.5 Å². The minimum absolute atomic E-state index is 0.345. The van der Waals surface area contributed by atoms with Crippen LogP contribution < -0.4 is 4.74 Å². The van der Waals surface area contributed by atoms with E-state index in [1.807, 2.05) is 0 Å². The summed E-state index contributed by atoms with van der Waals surface area (Å²) in [7, 11) is 0. The third-order valence-corrected chi connectivity index (χ3v) is 0.824. The first-order valence-corrected chi connectivity index (χ1v) is 2.62. The first-order chi connectivity index (χ1) is 4.79. The first kappa shape index (κ1) is 6.60. The SMILES string of the molecule is O=C(O)COc1cnc[nH]1. The molecule has 1 heterocycles. The lowest BCUT2D eigenvalue weighted by molar-refractivity contribution is -0.139. The second-order valence-corrected chi connectivity index (χ2v) is 1.60. The molecule has 0 atom stereocenters. The largest absolute Gasteiger partial charge is 0.479 e. The van der Waals surface area contributed by atoms with Gasteiger partial charge in [-0.3, -0.25) is 0 Å². The number of carboxylic acids is 1. The topological polar surface area (TPSA) is 75.2 Å². The second kappa shape index (κ2) is 2.86. The smallest absolute Gasteiger partial charge is 0.341 e. The number of aromatic nitrogens is 2. The average molecular weight is 142 g/mol. The number of H-pyrrole nitrogens is 1. The molecule has 0 aliphatic heterocycles. The van der Waals surface area contributed by atoms with Crippen LogP contribution in [-0.4, -0.2) is 27.7 Å². The molecule has 1 aromatic heterocycles. The van der Waals surface area contributed by atoms with E-state index in [-0.39, 0.29) is 6.61 Å². The van der Waals surface area contributed by atoms with E-state index in [9.17, 15) is 4.79 Å². The molecule has 0 radical (unpaired) electrons. The molecule has 0 bridgehead atoms. The second-order valence-electron chi connectivity index (χ2n) is 1.60. The highest BCUT2D eigenvalue weighted by molar-refractivity contribution is 5.68. The van der Waals surface area contributed by atoms with E-state index in [0.717, 1.165) is 0 Å². The van der Waals surface area contributed by atoms with Gasteiger partial charge in [0.25, 0.3) is 0 Å². The van der Waals surface area contributed by atoms with Crippen molar-refractivity contribution < 1.29 is 14.6 Å². The summed E-state index contributed by atoms with van der Waals surface area (Å²) in [4.78, 5) is 16.2. The number of rotatable bonds is 3. The van der Waals surface area contributed by atoms with Crippen molar-refractivity contribution in [1.82, 2.24) is 9.97 Å². The van der Waals surface area contributed by atoms with Crippen molar-refractivity contribution in [3.8, 4) is 5.88 Å². The molecule has 5 heteroatoms. The lowest BCUT2D eigenvalue weighted by Crippen LogP contribution is -2.09. The lowest BCUT2D eigenvalue weighted by Gasteiger charge is -1.95. The van der Waals surface area contributed by atoms with E-state index in [1.165, 1.54) is 12.5 Å². The highest BCUT2D eigenvalue weighted by Crippen LogP contribution is 1.99. The van der Waals surface area contributed by atoms with Gasteiger partial charge in [-0.1, -0.05) is 0 Å². The number of imidazole rings is 1. The van der Waals surface area contributed by atoms with E-state index in [2.05, 4.69) is 14.7 Å². The first-order valence-electron chi connectivity index (χ1n) is 2.62. The zero-order chi connectivity index (χ0) is 7.40. The van der Waals surface area contributed by atoms with Crippen LogP contribution in [0.4, 0.5) is 0 Å². The minimum atomic E-state index is -1.00. The third-order valence-electron chi connectivity index (χ3n) is 0.824. The number of carboxylic acid groups (broad SMARTS) is 1. The molecule has 10 heavy (non-hydrogen) atoms. The van der Waals surface area contributed by atoms with Crippen LogP contribution in [0.3, 0.4) is 0 Å². The summed E-state index contributed by atoms with van der Waals surface area (Å²) in [6, 6.07) is 0. The van der Waals surface area contributed by atoms with Gasteiger partial charge in [0.1, 0.15) is 0 Å². The maximum atomic E-state index is 9.94. The van der Waals surface area contributed by atoms with E-state index in [0.29, 0.717) is 5.88 Å². The summed E-state index contributed by atoms with van der Waals surface area (Å²) >= 11 is 0. The van der Waals surface area contributed by atoms with Gasteiger partial charge in [0, 0.05) is 0 Å². The molecule has 5 nitrogen and oxygen atoms in total. The van der Waals surface area contributed by atoms with Gasteiger partial charge in [0.15, 0.2) is 6.61 Å². The quantitative estimate of drug-likeness (QED) is 0.616. The number of carbonyl (C=O) groups is 1. The Labute approximate surface area is 56.7 Å². The van der Waals surface area contributed by atoms with Gasteiger partial charge in [0.05, 0.1) is 12.5 Å². The Morgan fingerprint density at radius 1 is 1.90 bits per heavy atom. The number of aromatic amines is 1. The zero-order valence-electron chi connectivity index (χ0n) is 5.07.